The Morgan fingerprint density at radius 1 is 1.19 bits per heavy atom. The Hall–Kier alpha value is -2.45. The monoisotopic (exact) mass is 380 g/mol. The number of para-hydroxylation sites is 1. The average Bonchev–Trinajstić information content (AvgIpc) is 2.61. The second-order valence-electron chi connectivity index (χ2n) is 5.70. The molecule has 0 aliphatic rings. The molecule has 0 saturated carbocycles. The lowest BCUT2D eigenvalue weighted by atomic mass is 10.1. The van der Waals surface area contributed by atoms with Crippen molar-refractivity contribution < 1.29 is 23.7 Å². The first kappa shape index (κ1) is 19.9. The van der Waals surface area contributed by atoms with Crippen molar-refractivity contribution in [2.45, 2.75) is 17.9 Å². The van der Waals surface area contributed by atoms with Gasteiger partial charge in [0.05, 0.1) is 11.4 Å². The zero-order valence-electron chi connectivity index (χ0n) is 14.2. The predicted molar refractivity (Wildman–Crippen MR) is 96.6 cm³/mol. The number of amides is 2. The van der Waals surface area contributed by atoms with Crippen LogP contribution in [0.5, 0.6) is 0 Å². The highest BCUT2D eigenvalue weighted by Gasteiger charge is 2.15. The van der Waals surface area contributed by atoms with Gasteiger partial charge in [0.2, 0.25) is 5.91 Å². The van der Waals surface area contributed by atoms with Crippen LogP contribution < -0.4 is 16.4 Å². The van der Waals surface area contributed by atoms with Gasteiger partial charge >= 0.3 is 0 Å². The van der Waals surface area contributed by atoms with Gasteiger partial charge < -0.3 is 16.4 Å². The van der Waals surface area contributed by atoms with Crippen molar-refractivity contribution in [3.8, 4) is 0 Å². The number of hydrogen-bond donors (Lipinski definition) is 3. The molecule has 26 heavy (non-hydrogen) atoms. The summed E-state index contributed by atoms with van der Waals surface area (Å²) in [5, 5.41) is 4.51. The van der Waals surface area contributed by atoms with Gasteiger partial charge in [0.1, 0.15) is 6.04 Å². The molecule has 2 amide bonds. The van der Waals surface area contributed by atoms with Gasteiger partial charge in [0.15, 0.2) is 18.2 Å². The molecule has 5 nitrogen and oxygen atoms in total. The third-order valence-electron chi connectivity index (χ3n) is 3.66. The summed E-state index contributed by atoms with van der Waals surface area (Å²) < 4.78 is 26.3. The molecular weight excluding hydrogens is 360 g/mol. The standard InChI is InChI=1S/C18H19F2N3O2S/c1-11(12-6-7-13(19)14(20)8-12)22-9-18(25)23-15-4-2-3-5-16(15)26-10-17(21)24/h2-8,11,22H,9-10H2,1H3,(H2,21,24)(H,23,25)/p+1/t11-/m0/s1. The Balaban J connectivity index is 1.92. The van der Waals surface area contributed by atoms with Gasteiger partial charge in [-0.05, 0) is 37.3 Å². The molecule has 0 spiro atoms. The fraction of sp³-hybridized carbons (Fsp3) is 0.222. The Kier molecular flexibility index (Phi) is 7.11. The Labute approximate surface area is 154 Å². The molecule has 2 aromatic rings. The SMILES string of the molecule is C[C@H]([NH2+]CC(=O)Nc1ccccc1SCC(N)=O)c1ccc(F)c(F)c1. The molecule has 8 heteroatoms. The molecule has 0 bridgehead atoms. The van der Waals surface area contributed by atoms with Crippen LogP contribution in [0.1, 0.15) is 18.5 Å². The van der Waals surface area contributed by atoms with E-state index in [9.17, 15) is 18.4 Å². The smallest absolute Gasteiger partial charge is 0.279 e. The summed E-state index contributed by atoms with van der Waals surface area (Å²) in [4.78, 5) is 23.8. The first-order chi connectivity index (χ1) is 12.4. The third kappa shape index (κ3) is 5.82. The van der Waals surface area contributed by atoms with Crippen LogP contribution in [-0.2, 0) is 9.59 Å². The highest BCUT2D eigenvalue weighted by molar-refractivity contribution is 8.00. The van der Waals surface area contributed by atoms with Gasteiger partial charge in [0, 0.05) is 10.5 Å². The largest absolute Gasteiger partial charge is 0.369 e. The van der Waals surface area contributed by atoms with E-state index in [-0.39, 0.29) is 24.2 Å². The Morgan fingerprint density at radius 3 is 2.62 bits per heavy atom. The van der Waals surface area contributed by atoms with Crippen molar-refractivity contribution in [3.05, 3.63) is 59.7 Å². The summed E-state index contributed by atoms with van der Waals surface area (Å²) in [5.74, 6) is -2.38. The molecule has 2 aromatic carbocycles. The fourth-order valence-electron chi connectivity index (χ4n) is 2.26. The van der Waals surface area contributed by atoms with Crippen LogP contribution in [0.2, 0.25) is 0 Å². The lowest BCUT2D eigenvalue weighted by Gasteiger charge is -2.13. The fourth-order valence-corrected chi connectivity index (χ4v) is 3.01. The zero-order chi connectivity index (χ0) is 19.1. The molecular formula is C18H20F2N3O2S+. The number of rotatable bonds is 8. The summed E-state index contributed by atoms with van der Waals surface area (Å²) >= 11 is 1.24. The highest BCUT2D eigenvalue weighted by Crippen LogP contribution is 2.26. The number of nitrogens with one attached hydrogen (secondary N) is 1. The van der Waals surface area contributed by atoms with Crippen molar-refractivity contribution in [1.82, 2.24) is 0 Å². The van der Waals surface area contributed by atoms with E-state index in [2.05, 4.69) is 5.32 Å². The Morgan fingerprint density at radius 2 is 1.92 bits per heavy atom. The molecule has 0 unspecified atom stereocenters. The zero-order valence-corrected chi connectivity index (χ0v) is 15.0. The molecule has 0 saturated heterocycles. The van der Waals surface area contributed by atoms with Gasteiger partial charge in [-0.25, -0.2) is 8.78 Å². The van der Waals surface area contributed by atoms with Crippen molar-refractivity contribution in [1.29, 1.82) is 0 Å². The van der Waals surface area contributed by atoms with Gasteiger partial charge in [-0.3, -0.25) is 9.59 Å². The van der Waals surface area contributed by atoms with E-state index in [4.69, 9.17) is 5.73 Å². The number of primary amides is 1. The summed E-state index contributed by atoms with van der Waals surface area (Å²) in [5.41, 5.74) is 6.33. The second-order valence-corrected chi connectivity index (χ2v) is 6.72. The van der Waals surface area contributed by atoms with E-state index in [0.717, 1.165) is 17.0 Å². The molecule has 0 aliphatic heterocycles. The molecule has 0 radical (unpaired) electrons. The number of anilines is 1. The van der Waals surface area contributed by atoms with Crippen molar-refractivity contribution in [2.24, 2.45) is 5.73 Å². The van der Waals surface area contributed by atoms with Gasteiger partial charge in [-0.1, -0.05) is 12.1 Å². The molecule has 0 fully saturated rings. The van der Waals surface area contributed by atoms with E-state index in [1.54, 1.807) is 36.5 Å². The molecule has 1 atom stereocenters. The minimum Gasteiger partial charge on any atom is -0.369 e. The summed E-state index contributed by atoms with van der Waals surface area (Å²) in [6, 6.07) is 10.6. The van der Waals surface area contributed by atoms with E-state index < -0.39 is 17.5 Å². The minimum atomic E-state index is -0.910. The normalized spacial score (nSPS) is 11.8. The van der Waals surface area contributed by atoms with Crippen LogP contribution in [-0.4, -0.2) is 24.1 Å². The highest BCUT2D eigenvalue weighted by atomic mass is 32.2. The minimum absolute atomic E-state index is 0.106. The number of carbonyl (C=O) groups excluding carboxylic acids is 2. The maximum absolute atomic E-state index is 13.3. The number of halogens is 2. The van der Waals surface area contributed by atoms with Crippen LogP contribution in [0.25, 0.3) is 0 Å². The average molecular weight is 380 g/mol. The maximum atomic E-state index is 13.3. The first-order valence-corrected chi connectivity index (χ1v) is 8.93. The molecule has 5 N–H and O–H groups in total. The quantitative estimate of drug-likeness (QED) is 0.610. The van der Waals surface area contributed by atoms with Crippen molar-refractivity contribution in [3.63, 3.8) is 0 Å². The van der Waals surface area contributed by atoms with Gasteiger partial charge in [-0.2, -0.15) is 0 Å². The van der Waals surface area contributed by atoms with Crippen molar-refractivity contribution >= 4 is 29.3 Å². The summed E-state index contributed by atoms with van der Waals surface area (Å²) in [6.07, 6.45) is 0. The lowest BCUT2D eigenvalue weighted by Crippen LogP contribution is -2.86. The van der Waals surface area contributed by atoms with E-state index in [1.807, 2.05) is 0 Å². The van der Waals surface area contributed by atoms with E-state index in [0.29, 0.717) is 11.3 Å². The summed E-state index contributed by atoms with van der Waals surface area (Å²) in [7, 11) is 0. The molecule has 0 heterocycles. The third-order valence-corrected chi connectivity index (χ3v) is 4.75. The lowest BCUT2D eigenvalue weighted by molar-refractivity contribution is -0.682. The van der Waals surface area contributed by atoms with Gasteiger partial charge in [0.25, 0.3) is 5.91 Å². The first-order valence-electron chi connectivity index (χ1n) is 7.95. The van der Waals surface area contributed by atoms with E-state index >= 15 is 0 Å². The topological polar surface area (TPSA) is 88.8 Å². The van der Waals surface area contributed by atoms with Crippen LogP contribution >= 0.6 is 11.8 Å². The molecule has 0 aromatic heterocycles. The number of hydrogen-bond acceptors (Lipinski definition) is 3. The van der Waals surface area contributed by atoms with Crippen LogP contribution in [0, 0.1) is 11.6 Å². The van der Waals surface area contributed by atoms with E-state index in [1.165, 1.54) is 17.8 Å². The predicted octanol–water partition coefficient (Wildman–Crippen LogP) is 1.81. The second kappa shape index (κ2) is 9.30. The van der Waals surface area contributed by atoms with Crippen LogP contribution in [0.4, 0.5) is 14.5 Å². The molecule has 138 valence electrons. The number of thioether (sulfide) groups is 1. The van der Waals surface area contributed by atoms with Crippen molar-refractivity contribution in [2.75, 3.05) is 17.6 Å². The molecule has 2 rings (SSSR count). The van der Waals surface area contributed by atoms with Crippen LogP contribution in [0.15, 0.2) is 47.4 Å². The number of carbonyl (C=O) groups is 2. The van der Waals surface area contributed by atoms with Gasteiger partial charge in [-0.15, -0.1) is 11.8 Å². The number of quaternary nitrogens is 1. The number of nitrogens with two attached hydrogens (primary N) is 2. The Bertz CT molecular complexity index is 802. The summed E-state index contributed by atoms with van der Waals surface area (Å²) in [6.45, 7) is 1.91. The molecule has 0 aliphatic carbocycles. The number of benzene rings is 2. The van der Waals surface area contributed by atoms with Crippen LogP contribution in [0.3, 0.4) is 0 Å². The maximum Gasteiger partial charge on any atom is 0.279 e.